The smallest absolute Gasteiger partial charge is 0.107 e. The van der Waals surface area contributed by atoms with Crippen LogP contribution in [0.25, 0.3) is 0 Å². The third-order valence-corrected chi connectivity index (χ3v) is 5.06. The average Bonchev–Trinajstić information content (AvgIpc) is 3.08. The van der Waals surface area contributed by atoms with Gasteiger partial charge >= 0.3 is 0 Å². The van der Waals surface area contributed by atoms with Gasteiger partial charge in [-0.05, 0) is 18.8 Å². The van der Waals surface area contributed by atoms with Gasteiger partial charge in [-0.2, -0.15) is 0 Å². The predicted molar refractivity (Wildman–Crippen MR) is 80.6 cm³/mol. The van der Waals surface area contributed by atoms with Crippen LogP contribution in [0, 0.1) is 5.92 Å². The fourth-order valence-electron chi connectivity index (χ4n) is 2.81. The highest BCUT2D eigenvalue weighted by molar-refractivity contribution is 7.09. The molecule has 1 aromatic heterocycles. The van der Waals surface area contributed by atoms with Crippen LogP contribution in [0.2, 0.25) is 0 Å². The third kappa shape index (κ3) is 3.18. The Labute approximate surface area is 120 Å². The lowest BCUT2D eigenvalue weighted by atomic mass is 9.93. The number of piperazine rings is 1. The molecule has 0 bridgehead atoms. The van der Waals surface area contributed by atoms with E-state index in [1.54, 1.807) is 0 Å². The Morgan fingerprint density at radius 1 is 1.42 bits per heavy atom. The summed E-state index contributed by atoms with van der Waals surface area (Å²) in [6.07, 6.45) is 2.85. The molecule has 1 saturated carbocycles. The largest absolute Gasteiger partial charge is 0.314 e. The van der Waals surface area contributed by atoms with Crippen molar-refractivity contribution in [3.63, 3.8) is 0 Å². The summed E-state index contributed by atoms with van der Waals surface area (Å²) in [5.74, 6) is 0.940. The molecule has 106 valence electrons. The lowest BCUT2D eigenvalue weighted by Gasteiger charge is -2.35. The highest BCUT2D eigenvalue weighted by atomic mass is 32.1. The van der Waals surface area contributed by atoms with E-state index in [9.17, 15) is 0 Å². The van der Waals surface area contributed by atoms with Crippen LogP contribution in [-0.4, -0.2) is 35.6 Å². The Bertz CT molecular complexity index is 431. The molecular weight excluding hydrogens is 254 g/mol. The first-order valence-electron chi connectivity index (χ1n) is 7.44. The second-order valence-corrected chi connectivity index (χ2v) is 7.90. The standard InChI is InChI=1S/C15H25N3S/c1-15(2,3)13-10-19-14(17-13)9-18-7-6-16-8-12(18)11-4-5-11/h10-12,16H,4-9H2,1-3H3. The zero-order chi connectivity index (χ0) is 13.5. The number of thiazole rings is 1. The second-order valence-electron chi connectivity index (χ2n) is 6.96. The first kappa shape index (κ1) is 13.5. The van der Waals surface area contributed by atoms with Crippen molar-refractivity contribution in [2.24, 2.45) is 5.92 Å². The molecule has 3 rings (SSSR count). The fraction of sp³-hybridized carbons (Fsp3) is 0.800. The summed E-state index contributed by atoms with van der Waals surface area (Å²) in [7, 11) is 0. The molecule has 0 radical (unpaired) electrons. The molecule has 4 heteroatoms. The van der Waals surface area contributed by atoms with Crippen LogP contribution in [0.4, 0.5) is 0 Å². The molecule has 0 spiro atoms. The number of rotatable bonds is 3. The summed E-state index contributed by atoms with van der Waals surface area (Å²) in [5.41, 5.74) is 1.42. The van der Waals surface area contributed by atoms with Crippen LogP contribution in [0.1, 0.15) is 44.3 Å². The second kappa shape index (κ2) is 5.15. The summed E-state index contributed by atoms with van der Waals surface area (Å²) in [5, 5.41) is 7.07. The van der Waals surface area contributed by atoms with Crippen LogP contribution in [0.3, 0.4) is 0 Å². The molecule has 1 aliphatic carbocycles. The van der Waals surface area contributed by atoms with E-state index in [1.807, 2.05) is 11.3 Å². The van der Waals surface area contributed by atoms with Gasteiger partial charge in [-0.15, -0.1) is 11.3 Å². The molecule has 1 atom stereocenters. The predicted octanol–water partition coefficient (Wildman–Crippen LogP) is 2.62. The summed E-state index contributed by atoms with van der Waals surface area (Å²) in [6, 6.07) is 0.746. The monoisotopic (exact) mass is 279 g/mol. The van der Waals surface area contributed by atoms with E-state index < -0.39 is 0 Å². The van der Waals surface area contributed by atoms with Crippen molar-refractivity contribution in [2.75, 3.05) is 19.6 Å². The third-order valence-electron chi connectivity index (χ3n) is 4.22. The summed E-state index contributed by atoms with van der Waals surface area (Å²) in [6.45, 7) is 11.2. The number of hydrogen-bond acceptors (Lipinski definition) is 4. The van der Waals surface area contributed by atoms with Gasteiger partial charge in [-0.1, -0.05) is 20.8 Å². The van der Waals surface area contributed by atoms with Gasteiger partial charge in [0.05, 0.1) is 12.2 Å². The number of aromatic nitrogens is 1. The molecule has 1 aromatic rings. The van der Waals surface area contributed by atoms with E-state index in [-0.39, 0.29) is 5.41 Å². The van der Waals surface area contributed by atoms with Gasteiger partial charge in [0.1, 0.15) is 5.01 Å². The van der Waals surface area contributed by atoms with Gasteiger partial charge in [0.15, 0.2) is 0 Å². The summed E-state index contributed by atoms with van der Waals surface area (Å²) >= 11 is 1.83. The zero-order valence-electron chi connectivity index (χ0n) is 12.3. The van der Waals surface area contributed by atoms with Gasteiger partial charge in [0, 0.05) is 36.5 Å². The van der Waals surface area contributed by atoms with Crippen molar-refractivity contribution in [1.82, 2.24) is 15.2 Å². The van der Waals surface area contributed by atoms with Crippen molar-refractivity contribution in [2.45, 2.75) is 51.6 Å². The minimum absolute atomic E-state index is 0.175. The highest BCUT2D eigenvalue weighted by Gasteiger charge is 2.36. The first-order valence-corrected chi connectivity index (χ1v) is 8.31. The molecule has 1 saturated heterocycles. The number of hydrogen-bond donors (Lipinski definition) is 1. The molecule has 2 heterocycles. The Hall–Kier alpha value is -0.450. The lowest BCUT2D eigenvalue weighted by molar-refractivity contribution is 0.135. The van der Waals surface area contributed by atoms with Crippen molar-refractivity contribution in [1.29, 1.82) is 0 Å². The van der Waals surface area contributed by atoms with Gasteiger partial charge in [-0.3, -0.25) is 4.90 Å². The minimum Gasteiger partial charge on any atom is -0.314 e. The number of nitrogens with zero attached hydrogens (tertiary/aromatic N) is 2. The first-order chi connectivity index (χ1) is 9.04. The SMILES string of the molecule is CC(C)(C)c1csc(CN2CCNCC2C2CC2)n1. The van der Waals surface area contributed by atoms with Crippen LogP contribution in [-0.2, 0) is 12.0 Å². The van der Waals surface area contributed by atoms with E-state index in [0.29, 0.717) is 0 Å². The van der Waals surface area contributed by atoms with Gasteiger partial charge in [0.2, 0.25) is 0 Å². The molecule has 1 unspecified atom stereocenters. The average molecular weight is 279 g/mol. The Balaban J connectivity index is 1.67. The molecule has 3 nitrogen and oxygen atoms in total. The highest BCUT2D eigenvalue weighted by Crippen LogP contribution is 2.36. The van der Waals surface area contributed by atoms with E-state index in [2.05, 4.69) is 36.4 Å². The maximum absolute atomic E-state index is 4.85. The van der Waals surface area contributed by atoms with Gasteiger partial charge in [0.25, 0.3) is 0 Å². The van der Waals surface area contributed by atoms with Crippen LogP contribution >= 0.6 is 11.3 Å². The Morgan fingerprint density at radius 2 is 2.21 bits per heavy atom. The topological polar surface area (TPSA) is 28.2 Å². The molecule has 19 heavy (non-hydrogen) atoms. The molecular formula is C15H25N3S. The van der Waals surface area contributed by atoms with E-state index in [0.717, 1.165) is 25.0 Å². The van der Waals surface area contributed by atoms with E-state index in [1.165, 1.54) is 36.6 Å². The van der Waals surface area contributed by atoms with Crippen molar-refractivity contribution < 1.29 is 0 Å². The Morgan fingerprint density at radius 3 is 2.84 bits per heavy atom. The number of nitrogens with one attached hydrogen (secondary N) is 1. The molecule has 1 N–H and O–H groups in total. The lowest BCUT2D eigenvalue weighted by Crippen LogP contribution is -2.51. The van der Waals surface area contributed by atoms with E-state index >= 15 is 0 Å². The van der Waals surface area contributed by atoms with Crippen LogP contribution < -0.4 is 5.32 Å². The summed E-state index contributed by atoms with van der Waals surface area (Å²) < 4.78 is 0. The van der Waals surface area contributed by atoms with Crippen LogP contribution in [0.15, 0.2) is 5.38 Å². The fourth-order valence-corrected chi connectivity index (χ4v) is 3.86. The maximum atomic E-state index is 4.85. The van der Waals surface area contributed by atoms with Crippen molar-refractivity contribution in [3.05, 3.63) is 16.1 Å². The minimum atomic E-state index is 0.175. The van der Waals surface area contributed by atoms with Crippen molar-refractivity contribution >= 4 is 11.3 Å². The van der Waals surface area contributed by atoms with Gasteiger partial charge in [-0.25, -0.2) is 4.98 Å². The normalized spacial score (nSPS) is 25.7. The Kier molecular flexibility index (Phi) is 3.67. The van der Waals surface area contributed by atoms with E-state index in [4.69, 9.17) is 4.98 Å². The zero-order valence-corrected chi connectivity index (χ0v) is 13.1. The molecule has 1 aliphatic heterocycles. The maximum Gasteiger partial charge on any atom is 0.107 e. The van der Waals surface area contributed by atoms with Crippen molar-refractivity contribution in [3.8, 4) is 0 Å². The molecule has 2 aliphatic rings. The molecule has 0 amide bonds. The van der Waals surface area contributed by atoms with Gasteiger partial charge < -0.3 is 5.32 Å². The molecule has 0 aromatic carbocycles. The summed E-state index contributed by atoms with van der Waals surface area (Å²) in [4.78, 5) is 7.50. The van der Waals surface area contributed by atoms with Crippen LogP contribution in [0.5, 0.6) is 0 Å². The molecule has 2 fully saturated rings. The quantitative estimate of drug-likeness (QED) is 0.922.